The second-order valence-corrected chi connectivity index (χ2v) is 9.17. The molecule has 1 atom stereocenters. The highest BCUT2D eigenvalue weighted by molar-refractivity contribution is 7.15. The quantitative estimate of drug-likeness (QED) is 0.332. The van der Waals surface area contributed by atoms with Crippen molar-refractivity contribution in [2.45, 2.75) is 26.3 Å². The Morgan fingerprint density at radius 1 is 1.00 bits per heavy atom. The minimum Gasteiger partial charge on any atom is -0.494 e. The van der Waals surface area contributed by atoms with Crippen LogP contribution in [0.4, 0.5) is 5.13 Å². The van der Waals surface area contributed by atoms with Crippen LogP contribution in [-0.4, -0.2) is 44.0 Å². The minimum atomic E-state index is -0.860. The van der Waals surface area contributed by atoms with Crippen LogP contribution in [0.2, 0.25) is 0 Å². The number of carbonyl (C=O) groups is 1. The minimum absolute atomic E-state index is 0.0573. The van der Waals surface area contributed by atoms with Crippen LogP contribution in [0.3, 0.4) is 0 Å². The first-order valence-electron chi connectivity index (χ1n) is 11.6. The molecule has 0 saturated carbocycles. The Hall–Kier alpha value is -4.12. The van der Waals surface area contributed by atoms with E-state index in [1.54, 1.807) is 30.3 Å². The van der Waals surface area contributed by atoms with Crippen LogP contribution < -0.4 is 29.3 Å². The molecule has 0 bridgehead atoms. The molecule has 0 N–H and O–H groups in total. The Kier molecular flexibility index (Phi) is 6.46. The lowest BCUT2D eigenvalue weighted by molar-refractivity contribution is 0.0970. The van der Waals surface area contributed by atoms with Gasteiger partial charge in [-0.1, -0.05) is 18.3 Å². The summed E-state index contributed by atoms with van der Waals surface area (Å²) < 4.78 is 28.2. The van der Waals surface area contributed by atoms with Crippen LogP contribution in [0.5, 0.6) is 23.0 Å². The lowest BCUT2D eigenvalue weighted by atomic mass is 9.97. The maximum absolute atomic E-state index is 13.9. The molecule has 2 aromatic carbocycles. The SMILES string of the molecule is CCOc1ccc2c(=O)c3c(oc2c1)C(=O)N(c1nnc(CC)s1)C3c1cc(OC)c(OC)c(OC)c1. The summed E-state index contributed by atoms with van der Waals surface area (Å²) in [6, 6.07) is 7.53. The second kappa shape index (κ2) is 9.74. The smallest absolute Gasteiger partial charge is 0.297 e. The lowest BCUT2D eigenvalue weighted by Gasteiger charge is -2.24. The van der Waals surface area contributed by atoms with Gasteiger partial charge in [-0.05, 0) is 43.2 Å². The number of aromatic nitrogens is 2. The Balaban J connectivity index is 1.79. The van der Waals surface area contributed by atoms with E-state index in [-0.39, 0.29) is 22.3 Å². The van der Waals surface area contributed by atoms with Crippen molar-refractivity contribution in [3.63, 3.8) is 0 Å². The molecule has 1 aliphatic rings. The van der Waals surface area contributed by atoms with Gasteiger partial charge < -0.3 is 23.4 Å². The van der Waals surface area contributed by atoms with Gasteiger partial charge in [-0.2, -0.15) is 0 Å². The summed E-state index contributed by atoms with van der Waals surface area (Å²) in [4.78, 5) is 29.2. The fraction of sp³-hybridized carbons (Fsp3) is 0.308. The molecule has 0 radical (unpaired) electrons. The maximum atomic E-state index is 13.9. The molecule has 1 aliphatic heterocycles. The highest BCUT2D eigenvalue weighted by atomic mass is 32.1. The number of amides is 1. The molecule has 1 amide bonds. The Bertz CT molecular complexity index is 1540. The van der Waals surface area contributed by atoms with Gasteiger partial charge in [-0.25, -0.2) is 0 Å². The topological polar surface area (TPSA) is 113 Å². The summed E-state index contributed by atoms with van der Waals surface area (Å²) in [5.41, 5.74) is 0.700. The molecule has 3 heterocycles. The van der Waals surface area contributed by atoms with Gasteiger partial charge in [-0.15, -0.1) is 10.2 Å². The zero-order valence-corrected chi connectivity index (χ0v) is 21.8. The number of rotatable bonds is 8. The van der Waals surface area contributed by atoms with Crippen molar-refractivity contribution < 1.29 is 28.2 Å². The molecule has 11 heteroatoms. The van der Waals surface area contributed by atoms with Crippen molar-refractivity contribution in [3.8, 4) is 23.0 Å². The maximum Gasteiger partial charge on any atom is 0.297 e. The third kappa shape index (κ3) is 3.95. The fourth-order valence-electron chi connectivity index (χ4n) is 4.46. The first kappa shape index (κ1) is 24.6. The first-order valence-corrected chi connectivity index (χ1v) is 12.5. The molecule has 4 aromatic rings. The summed E-state index contributed by atoms with van der Waals surface area (Å²) in [6.45, 7) is 4.27. The molecule has 0 saturated heterocycles. The van der Waals surface area contributed by atoms with E-state index in [1.807, 2.05) is 13.8 Å². The molecule has 0 aliphatic carbocycles. The summed E-state index contributed by atoms with van der Waals surface area (Å²) in [7, 11) is 4.51. The molecule has 5 rings (SSSR count). The van der Waals surface area contributed by atoms with E-state index in [2.05, 4.69) is 10.2 Å². The van der Waals surface area contributed by atoms with E-state index in [0.29, 0.717) is 52.1 Å². The van der Waals surface area contributed by atoms with Crippen molar-refractivity contribution in [1.29, 1.82) is 0 Å². The number of fused-ring (bicyclic) bond motifs is 2. The molecular weight excluding hydrogens is 498 g/mol. The number of carbonyl (C=O) groups excluding carboxylic acids is 1. The molecule has 0 spiro atoms. The lowest BCUT2D eigenvalue weighted by Crippen LogP contribution is -2.29. The van der Waals surface area contributed by atoms with E-state index >= 15 is 0 Å². The normalized spacial score (nSPS) is 14.7. The van der Waals surface area contributed by atoms with Crippen molar-refractivity contribution >= 4 is 33.3 Å². The van der Waals surface area contributed by atoms with Gasteiger partial charge in [0.2, 0.25) is 16.6 Å². The van der Waals surface area contributed by atoms with Gasteiger partial charge in [0.15, 0.2) is 16.9 Å². The Morgan fingerprint density at radius 2 is 1.73 bits per heavy atom. The standard InChI is InChI=1S/C26H25N3O7S/c1-6-19-27-28-26(37-19)29-21(13-10-17(32-3)23(34-5)18(11-13)33-4)20-22(30)15-9-8-14(35-7-2)12-16(15)36-24(20)25(29)31/h8-12,21H,6-7H2,1-5H3. The largest absolute Gasteiger partial charge is 0.494 e. The Labute approximate surface area is 216 Å². The number of hydrogen-bond acceptors (Lipinski definition) is 10. The van der Waals surface area contributed by atoms with Crippen LogP contribution in [-0.2, 0) is 6.42 Å². The zero-order valence-electron chi connectivity index (χ0n) is 21.0. The number of ether oxygens (including phenoxy) is 4. The highest BCUT2D eigenvalue weighted by Crippen LogP contribution is 2.47. The summed E-state index contributed by atoms with van der Waals surface area (Å²) >= 11 is 1.28. The van der Waals surface area contributed by atoms with Crippen LogP contribution in [0.1, 0.15) is 46.6 Å². The average Bonchev–Trinajstić information content (AvgIpc) is 3.50. The molecule has 192 valence electrons. The van der Waals surface area contributed by atoms with E-state index in [4.69, 9.17) is 23.4 Å². The number of methoxy groups -OCH3 is 3. The van der Waals surface area contributed by atoms with E-state index in [1.165, 1.54) is 37.6 Å². The molecular formula is C26H25N3O7S. The zero-order chi connectivity index (χ0) is 26.3. The van der Waals surface area contributed by atoms with Gasteiger partial charge >= 0.3 is 0 Å². The van der Waals surface area contributed by atoms with E-state index in [9.17, 15) is 9.59 Å². The first-order chi connectivity index (χ1) is 17.9. The van der Waals surface area contributed by atoms with Gasteiger partial charge in [0, 0.05) is 6.07 Å². The number of anilines is 1. The van der Waals surface area contributed by atoms with Gasteiger partial charge in [0.1, 0.15) is 16.3 Å². The third-order valence-electron chi connectivity index (χ3n) is 6.12. The Morgan fingerprint density at radius 3 is 2.32 bits per heavy atom. The summed E-state index contributed by atoms with van der Waals surface area (Å²) in [5.74, 6) is 1.15. The van der Waals surface area contributed by atoms with Crippen LogP contribution in [0, 0.1) is 0 Å². The predicted octanol–water partition coefficient (Wildman–Crippen LogP) is 4.38. The van der Waals surface area contributed by atoms with Crippen molar-refractivity contribution in [2.24, 2.45) is 0 Å². The summed E-state index contributed by atoms with van der Waals surface area (Å²) in [6.07, 6.45) is 0.656. The van der Waals surface area contributed by atoms with Crippen molar-refractivity contribution in [1.82, 2.24) is 10.2 Å². The predicted molar refractivity (Wildman–Crippen MR) is 138 cm³/mol. The monoisotopic (exact) mass is 523 g/mol. The highest BCUT2D eigenvalue weighted by Gasteiger charge is 2.45. The van der Waals surface area contributed by atoms with Crippen LogP contribution in [0.25, 0.3) is 11.0 Å². The number of aryl methyl sites for hydroxylation is 1. The van der Waals surface area contributed by atoms with Gasteiger partial charge in [0.25, 0.3) is 5.91 Å². The van der Waals surface area contributed by atoms with Crippen LogP contribution in [0.15, 0.2) is 39.5 Å². The third-order valence-corrected chi connectivity index (χ3v) is 7.19. The van der Waals surface area contributed by atoms with E-state index in [0.717, 1.165) is 5.01 Å². The molecule has 1 unspecified atom stereocenters. The average molecular weight is 524 g/mol. The van der Waals surface area contributed by atoms with E-state index < -0.39 is 11.9 Å². The molecule has 2 aromatic heterocycles. The van der Waals surface area contributed by atoms with Gasteiger partial charge in [0.05, 0.1) is 44.9 Å². The molecule has 10 nitrogen and oxygen atoms in total. The second-order valence-electron chi connectivity index (χ2n) is 8.13. The molecule has 37 heavy (non-hydrogen) atoms. The fourth-order valence-corrected chi connectivity index (χ4v) is 5.27. The number of nitrogens with zero attached hydrogens (tertiary/aromatic N) is 3. The number of benzene rings is 2. The van der Waals surface area contributed by atoms with Crippen molar-refractivity contribution in [3.05, 3.63) is 62.4 Å². The van der Waals surface area contributed by atoms with Crippen LogP contribution >= 0.6 is 11.3 Å². The molecule has 0 fully saturated rings. The van der Waals surface area contributed by atoms with Crippen molar-refractivity contribution in [2.75, 3.05) is 32.8 Å². The summed E-state index contributed by atoms with van der Waals surface area (Å²) in [5, 5.41) is 9.89. The number of hydrogen-bond donors (Lipinski definition) is 0. The van der Waals surface area contributed by atoms with Gasteiger partial charge in [-0.3, -0.25) is 14.5 Å².